The molecule has 4 heterocycles. The highest BCUT2D eigenvalue weighted by Crippen LogP contribution is 2.49. The number of primary amides is 1. The number of aromatic nitrogens is 3. The number of carbonyl (C=O) groups is 2. The first-order valence-electron chi connectivity index (χ1n) is 14.5. The van der Waals surface area contributed by atoms with E-state index in [0.29, 0.717) is 21.0 Å². The van der Waals surface area contributed by atoms with Crippen molar-refractivity contribution in [3.8, 4) is 22.8 Å². The molecule has 15 heteroatoms. The third kappa shape index (κ3) is 4.95. The number of hydrogen-bond donors (Lipinski definition) is 3. The maximum absolute atomic E-state index is 14.9. The van der Waals surface area contributed by atoms with Crippen LogP contribution in [0.4, 0.5) is 17.6 Å². The van der Waals surface area contributed by atoms with Gasteiger partial charge in [0.15, 0.2) is 0 Å². The minimum absolute atomic E-state index is 0.0142. The Bertz CT molecular complexity index is 2110. The number of aliphatic hydroxyl groups is 1. The summed E-state index contributed by atoms with van der Waals surface area (Å²) in [6.07, 6.45) is -1.70. The van der Waals surface area contributed by atoms with Gasteiger partial charge >= 0.3 is 6.18 Å². The van der Waals surface area contributed by atoms with E-state index in [1.807, 2.05) is 0 Å². The van der Waals surface area contributed by atoms with Crippen molar-refractivity contribution in [2.24, 2.45) is 5.73 Å². The first kappa shape index (κ1) is 30.9. The molecule has 5 aromatic rings. The summed E-state index contributed by atoms with van der Waals surface area (Å²) in [4.78, 5) is 30.1. The fourth-order valence-electron chi connectivity index (χ4n) is 5.75. The van der Waals surface area contributed by atoms with Crippen LogP contribution in [-0.4, -0.2) is 58.1 Å². The molecule has 2 aliphatic rings. The lowest BCUT2D eigenvalue weighted by atomic mass is 9.81. The predicted octanol–water partition coefficient (Wildman–Crippen LogP) is 5.11. The molecule has 7 rings (SSSR count). The number of fused-ring (bicyclic) bond motifs is 3. The number of rotatable bonds is 8. The molecule has 2 amide bonds. The summed E-state index contributed by atoms with van der Waals surface area (Å²) in [5.74, 6) is -2.14. The number of methoxy groups -OCH3 is 1. The van der Waals surface area contributed by atoms with Gasteiger partial charge in [-0.25, -0.2) is 9.37 Å². The van der Waals surface area contributed by atoms with E-state index in [-0.39, 0.29) is 46.5 Å². The van der Waals surface area contributed by atoms with Gasteiger partial charge in [0, 0.05) is 43.7 Å². The largest absolute Gasteiger partial charge is 0.494 e. The molecule has 1 aliphatic carbocycles. The number of nitrogens with two attached hydrogens (primary N) is 1. The second-order valence-corrected chi connectivity index (χ2v) is 12.9. The molecular weight excluding hydrogens is 642 g/mol. The van der Waals surface area contributed by atoms with Gasteiger partial charge in [0.1, 0.15) is 40.5 Å². The number of alkyl halides is 3. The molecule has 1 saturated carbocycles. The topological polar surface area (TPSA) is 142 Å². The molecule has 0 radical (unpaired) electrons. The van der Waals surface area contributed by atoms with E-state index in [4.69, 9.17) is 15.2 Å². The third-order valence-corrected chi connectivity index (χ3v) is 9.76. The molecule has 1 fully saturated rings. The van der Waals surface area contributed by atoms with Crippen molar-refractivity contribution in [1.29, 1.82) is 0 Å². The van der Waals surface area contributed by atoms with Crippen LogP contribution in [0.2, 0.25) is 0 Å². The van der Waals surface area contributed by atoms with Crippen LogP contribution in [0, 0.1) is 5.82 Å². The van der Waals surface area contributed by atoms with Crippen LogP contribution in [0.1, 0.15) is 47.4 Å². The molecule has 0 bridgehead atoms. The van der Waals surface area contributed by atoms with E-state index in [1.54, 1.807) is 16.3 Å². The quantitative estimate of drug-likeness (QED) is 0.195. The Kier molecular flexibility index (Phi) is 6.99. The van der Waals surface area contributed by atoms with Crippen molar-refractivity contribution in [2.75, 3.05) is 20.3 Å². The number of pyridine rings is 1. The third-order valence-electron chi connectivity index (χ3n) is 8.80. The normalized spacial score (nSPS) is 19.0. The lowest BCUT2D eigenvalue weighted by Gasteiger charge is -2.31. The summed E-state index contributed by atoms with van der Waals surface area (Å²) in [6.45, 7) is -0.228. The first-order valence-corrected chi connectivity index (χ1v) is 15.4. The summed E-state index contributed by atoms with van der Waals surface area (Å²) in [5.41, 5.74) is -0.0116. The van der Waals surface area contributed by atoms with Gasteiger partial charge in [-0.2, -0.15) is 18.3 Å². The number of halogens is 4. The number of carbonyl (C=O) groups excluding carboxylic acids is 2. The standard InChI is InChI=1S/C32H27F4N5O5S/c1-30(29(37)43)14-46-27-21(30)10-24(39-26(27)20-12-47-23-6-3-17(33)9-19(20)23)31(44,32(34,35)36)13-38-28(42)15-7-16-11-41(18-4-5-18)40-25(16)22(8-15)45-2/h3,6-12,18,44H,4-5,13-14H2,1-2H3,(H2,37,43)(H,38,42)/t30-,31-/m0/s1. The summed E-state index contributed by atoms with van der Waals surface area (Å²) in [7, 11) is 1.39. The van der Waals surface area contributed by atoms with Gasteiger partial charge in [-0.1, -0.05) is 0 Å². The minimum atomic E-state index is -5.36. The molecule has 0 saturated heterocycles. The Balaban J connectivity index is 1.31. The zero-order valence-corrected chi connectivity index (χ0v) is 25.8. The van der Waals surface area contributed by atoms with Crippen LogP contribution < -0.4 is 20.5 Å². The van der Waals surface area contributed by atoms with Crippen molar-refractivity contribution in [3.63, 3.8) is 0 Å². The average molecular weight is 670 g/mol. The summed E-state index contributed by atoms with van der Waals surface area (Å²) >= 11 is 1.20. The van der Waals surface area contributed by atoms with Crippen molar-refractivity contribution in [2.45, 2.75) is 43.0 Å². The minimum Gasteiger partial charge on any atom is -0.494 e. The van der Waals surface area contributed by atoms with Crippen LogP contribution in [0.15, 0.2) is 48.0 Å². The zero-order valence-electron chi connectivity index (χ0n) is 24.9. The van der Waals surface area contributed by atoms with Gasteiger partial charge in [0.05, 0.1) is 25.4 Å². The lowest BCUT2D eigenvalue weighted by Crippen LogP contribution is -2.51. The SMILES string of the molecule is COc1cc(C(=O)NC[C@](O)(c2cc3c(c(-c4csc5ccc(F)cc45)n2)OC[C@]3(C)C(N)=O)C(F)(F)F)cc2cn(C3CC3)nc12. The maximum Gasteiger partial charge on any atom is 0.424 e. The van der Waals surface area contributed by atoms with Crippen LogP contribution in [0.5, 0.6) is 11.5 Å². The van der Waals surface area contributed by atoms with Crippen molar-refractivity contribution in [1.82, 2.24) is 20.1 Å². The van der Waals surface area contributed by atoms with Crippen LogP contribution >= 0.6 is 11.3 Å². The molecule has 3 aromatic heterocycles. The van der Waals surface area contributed by atoms with E-state index in [0.717, 1.165) is 18.9 Å². The van der Waals surface area contributed by atoms with Gasteiger partial charge in [0.2, 0.25) is 11.5 Å². The lowest BCUT2D eigenvalue weighted by molar-refractivity contribution is -0.265. The Morgan fingerprint density at radius 1 is 1.23 bits per heavy atom. The first-order chi connectivity index (χ1) is 22.2. The van der Waals surface area contributed by atoms with Gasteiger partial charge in [-0.05, 0) is 56.2 Å². The number of hydrogen-bond acceptors (Lipinski definition) is 8. The van der Waals surface area contributed by atoms with Gasteiger partial charge in [-0.3, -0.25) is 14.3 Å². The van der Waals surface area contributed by atoms with E-state index in [2.05, 4.69) is 15.4 Å². The predicted molar refractivity (Wildman–Crippen MR) is 164 cm³/mol. The zero-order chi connectivity index (χ0) is 33.5. The molecule has 0 unspecified atom stereocenters. The second kappa shape index (κ2) is 10.6. The highest BCUT2D eigenvalue weighted by molar-refractivity contribution is 7.17. The van der Waals surface area contributed by atoms with E-state index in [1.165, 1.54) is 55.7 Å². The molecule has 2 atom stereocenters. The second-order valence-electron chi connectivity index (χ2n) is 12.0. The summed E-state index contributed by atoms with van der Waals surface area (Å²) < 4.78 is 72.5. The Labute approximate surface area is 268 Å². The molecule has 0 spiro atoms. The molecule has 1 aliphatic heterocycles. The van der Waals surface area contributed by atoms with Crippen LogP contribution in [0.25, 0.3) is 32.2 Å². The highest BCUT2D eigenvalue weighted by Gasteiger charge is 2.58. The smallest absolute Gasteiger partial charge is 0.424 e. The Morgan fingerprint density at radius 2 is 2.00 bits per heavy atom. The Hall–Kier alpha value is -4.76. The van der Waals surface area contributed by atoms with Crippen LogP contribution in [0.3, 0.4) is 0 Å². The molecule has 2 aromatic carbocycles. The fraction of sp³-hybridized carbons (Fsp3) is 0.312. The Morgan fingerprint density at radius 3 is 2.68 bits per heavy atom. The van der Waals surface area contributed by atoms with Crippen molar-refractivity contribution in [3.05, 3.63) is 70.6 Å². The number of benzene rings is 2. The number of amides is 2. The fourth-order valence-corrected chi connectivity index (χ4v) is 6.67. The highest BCUT2D eigenvalue weighted by atomic mass is 32.1. The van der Waals surface area contributed by atoms with Gasteiger partial charge in [-0.15, -0.1) is 11.3 Å². The van der Waals surface area contributed by atoms with Crippen molar-refractivity contribution < 1.29 is 41.7 Å². The van der Waals surface area contributed by atoms with E-state index < -0.39 is 47.1 Å². The number of ether oxygens (including phenoxy) is 2. The average Bonchev–Trinajstić information content (AvgIpc) is 3.50. The van der Waals surface area contributed by atoms with E-state index in [9.17, 15) is 32.3 Å². The summed E-state index contributed by atoms with van der Waals surface area (Å²) in [6, 6.07) is 7.97. The monoisotopic (exact) mass is 669 g/mol. The molecular formula is C32H27F4N5O5S. The number of nitrogens with one attached hydrogen (secondary N) is 1. The van der Waals surface area contributed by atoms with Gasteiger partial charge in [0.25, 0.3) is 5.91 Å². The molecule has 10 nitrogen and oxygen atoms in total. The maximum atomic E-state index is 14.9. The molecule has 244 valence electrons. The van der Waals surface area contributed by atoms with E-state index >= 15 is 0 Å². The van der Waals surface area contributed by atoms with Crippen molar-refractivity contribution >= 4 is 44.1 Å². The van der Waals surface area contributed by atoms with Crippen LogP contribution in [-0.2, 0) is 15.8 Å². The summed E-state index contributed by atoms with van der Waals surface area (Å²) in [5, 5.41) is 20.6. The number of nitrogens with zero attached hydrogens (tertiary/aromatic N) is 3. The van der Waals surface area contributed by atoms with Gasteiger partial charge < -0.3 is 25.6 Å². The molecule has 47 heavy (non-hydrogen) atoms. The number of thiophene rings is 1. The molecule has 4 N–H and O–H groups in total.